The summed E-state index contributed by atoms with van der Waals surface area (Å²) in [4.78, 5) is 23.4. The molecule has 1 aliphatic rings. The zero-order valence-electron chi connectivity index (χ0n) is 11.0. The fraction of sp³-hybridized carbons (Fsp3) is 0.429. The lowest BCUT2D eigenvalue weighted by Gasteiger charge is -2.22. The van der Waals surface area contributed by atoms with Crippen molar-refractivity contribution in [3.05, 3.63) is 29.3 Å². The van der Waals surface area contributed by atoms with Crippen molar-refractivity contribution in [2.24, 2.45) is 11.7 Å². The van der Waals surface area contributed by atoms with Gasteiger partial charge in [-0.1, -0.05) is 6.07 Å². The van der Waals surface area contributed by atoms with E-state index in [2.05, 4.69) is 10.6 Å². The lowest BCUT2D eigenvalue weighted by Crippen LogP contribution is -2.37. The highest BCUT2D eigenvalue weighted by molar-refractivity contribution is 5.99. The molecule has 1 heterocycles. The number of benzene rings is 1. The summed E-state index contributed by atoms with van der Waals surface area (Å²) in [6, 6.07) is 5.17. The molecule has 5 heteroatoms. The third-order valence-corrected chi connectivity index (χ3v) is 3.52. The minimum absolute atomic E-state index is 0.00285. The first-order chi connectivity index (χ1) is 9.09. The van der Waals surface area contributed by atoms with Gasteiger partial charge in [-0.25, -0.2) is 0 Å². The largest absolute Gasteiger partial charge is 0.366 e. The van der Waals surface area contributed by atoms with E-state index in [1.54, 1.807) is 25.1 Å². The third kappa shape index (κ3) is 3.12. The second-order valence-electron chi connectivity index (χ2n) is 4.87. The number of carbonyl (C=O) groups excluding carboxylic acids is 2. The fourth-order valence-corrected chi connectivity index (χ4v) is 2.35. The zero-order chi connectivity index (χ0) is 13.8. The molecule has 4 N–H and O–H groups in total. The highest BCUT2D eigenvalue weighted by atomic mass is 16.2. The normalized spacial score (nSPS) is 18.9. The average molecular weight is 261 g/mol. The van der Waals surface area contributed by atoms with Crippen molar-refractivity contribution in [1.29, 1.82) is 0 Å². The topological polar surface area (TPSA) is 84.2 Å². The van der Waals surface area contributed by atoms with Gasteiger partial charge in [0.15, 0.2) is 0 Å². The molecule has 0 aliphatic carbocycles. The molecule has 0 aromatic heterocycles. The summed E-state index contributed by atoms with van der Waals surface area (Å²) in [5, 5.41) is 6.10. The van der Waals surface area contributed by atoms with E-state index in [1.165, 1.54) is 0 Å². The Morgan fingerprint density at radius 3 is 2.84 bits per heavy atom. The van der Waals surface area contributed by atoms with Gasteiger partial charge < -0.3 is 16.4 Å². The second kappa shape index (κ2) is 5.84. The van der Waals surface area contributed by atoms with Crippen molar-refractivity contribution >= 4 is 17.5 Å². The van der Waals surface area contributed by atoms with Crippen LogP contribution in [0.4, 0.5) is 5.69 Å². The van der Waals surface area contributed by atoms with E-state index in [4.69, 9.17) is 5.73 Å². The zero-order valence-corrected chi connectivity index (χ0v) is 11.0. The third-order valence-electron chi connectivity index (χ3n) is 3.52. The lowest BCUT2D eigenvalue weighted by molar-refractivity contribution is -0.120. The molecule has 2 amide bonds. The maximum atomic E-state index is 12.1. The molecule has 0 unspecified atom stereocenters. The van der Waals surface area contributed by atoms with Crippen LogP contribution in [0.25, 0.3) is 0 Å². The number of hydrogen-bond acceptors (Lipinski definition) is 3. The first-order valence-electron chi connectivity index (χ1n) is 6.50. The number of carbonyl (C=O) groups is 2. The van der Waals surface area contributed by atoms with Gasteiger partial charge in [0.05, 0.1) is 5.92 Å². The van der Waals surface area contributed by atoms with Crippen LogP contribution in [0.5, 0.6) is 0 Å². The van der Waals surface area contributed by atoms with Gasteiger partial charge in [0.2, 0.25) is 11.8 Å². The van der Waals surface area contributed by atoms with Crippen molar-refractivity contribution in [3.8, 4) is 0 Å². The predicted octanol–water partition coefficient (Wildman–Crippen LogP) is 1.03. The van der Waals surface area contributed by atoms with E-state index in [0.717, 1.165) is 19.4 Å². The standard InChI is InChI=1S/C14H19N3O2/c1-9-11(13(15)18)5-2-6-12(9)17-14(19)10-4-3-7-16-8-10/h2,5-6,10,16H,3-4,7-8H2,1H3,(H2,15,18)(H,17,19)/t10-/m1/s1. The van der Waals surface area contributed by atoms with Crippen molar-refractivity contribution < 1.29 is 9.59 Å². The van der Waals surface area contributed by atoms with Crippen molar-refractivity contribution in [1.82, 2.24) is 5.32 Å². The Labute approximate surface area is 112 Å². The highest BCUT2D eigenvalue weighted by Gasteiger charge is 2.21. The molecule has 19 heavy (non-hydrogen) atoms. The Morgan fingerprint density at radius 2 is 2.21 bits per heavy atom. The Morgan fingerprint density at radius 1 is 1.42 bits per heavy atom. The van der Waals surface area contributed by atoms with Crippen LogP contribution in [0, 0.1) is 12.8 Å². The van der Waals surface area contributed by atoms with Crippen molar-refractivity contribution in [3.63, 3.8) is 0 Å². The number of rotatable bonds is 3. The molecule has 1 aromatic carbocycles. The van der Waals surface area contributed by atoms with Gasteiger partial charge >= 0.3 is 0 Å². The van der Waals surface area contributed by atoms with E-state index in [1.807, 2.05) is 0 Å². The summed E-state index contributed by atoms with van der Waals surface area (Å²) in [5.41, 5.74) is 7.11. The van der Waals surface area contributed by atoms with E-state index >= 15 is 0 Å². The van der Waals surface area contributed by atoms with Crippen LogP contribution in [0.1, 0.15) is 28.8 Å². The Kier molecular flexibility index (Phi) is 4.16. The van der Waals surface area contributed by atoms with Gasteiger partial charge in [0.25, 0.3) is 0 Å². The maximum absolute atomic E-state index is 12.1. The molecule has 0 radical (unpaired) electrons. The lowest BCUT2D eigenvalue weighted by atomic mass is 9.98. The van der Waals surface area contributed by atoms with Crippen molar-refractivity contribution in [2.45, 2.75) is 19.8 Å². The molecule has 0 bridgehead atoms. The molecule has 1 aromatic rings. The number of amides is 2. The smallest absolute Gasteiger partial charge is 0.249 e. The monoisotopic (exact) mass is 261 g/mol. The van der Waals surface area contributed by atoms with Crippen LogP contribution in [0.15, 0.2) is 18.2 Å². The van der Waals surface area contributed by atoms with Gasteiger partial charge in [-0.15, -0.1) is 0 Å². The van der Waals surface area contributed by atoms with Gasteiger partial charge in [-0.05, 0) is 44.0 Å². The van der Waals surface area contributed by atoms with E-state index in [0.29, 0.717) is 23.4 Å². The summed E-state index contributed by atoms with van der Waals surface area (Å²) < 4.78 is 0. The maximum Gasteiger partial charge on any atom is 0.249 e. The summed E-state index contributed by atoms with van der Waals surface area (Å²) in [6.45, 7) is 3.47. The molecule has 1 atom stereocenters. The van der Waals surface area contributed by atoms with Crippen LogP contribution in [-0.2, 0) is 4.79 Å². The second-order valence-corrected chi connectivity index (χ2v) is 4.87. The van der Waals surface area contributed by atoms with E-state index in [-0.39, 0.29) is 11.8 Å². The molecule has 0 spiro atoms. The summed E-state index contributed by atoms with van der Waals surface area (Å²) in [6.07, 6.45) is 1.91. The average Bonchev–Trinajstić information content (AvgIpc) is 2.41. The number of hydrogen-bond donors (Lipinski definition) is 3. The molecular weight excluding hydrogens is 242 g/mol. The molecule has 102 valence electrons. The first kappa shape index (κ1) is 13.5. The van der Waals surface area contributed by atoms with Crippen LogP contribution < -0.4 is 16.4 Å². The highest BCUT2D eigenvalue weighted by Crippen LogP contribution is 2.20. The number of nitrogens with one attached hydrogen (secondary N) is 2. The SMILES string of the molecule is Cc1c(NC(=O)[C@@H]2CCCNC2)cccc1C(N)=O. The van der Waals surface area contributed by atoms with Gasteiger partial charge in [0.1, 0.15) is 0 Å². The van der Waals surface area contributed by atoms with Crippen molar-refractivity contribution in [2.75, 3.05) is 18.4 Å². The van der Waals surface area contributed by atoms with Crippen LogP contribution in [-0.4, -0.2) is 24.9 Å². The number of nitrogens with two attached hydrogens (primary N) is 1. The summed E-state index contributed by atoms with van der Waals surface area (Å²) >= 11 is 0. The fourth-order valence-electron chi connectivity index (χ4n) is 2.35. The Balaban J connectivity index is 2.12. The Bertz CT molecular complexity index is 493. The van der Waals surface area contributed by atoms with Crippen LogP contribution >= 0.6 is 0 Å². The number of anilines is 1. The first-order valence-corrected chi connectivity index (χ1v) is 6.50. The van der Waals surface area contributed by atoms with E-state index < -0.39 is 5.91 Å². The minimum Gasteiger partial charge on any atom is -0.366 e. The molecule has 2 rings (SSSR count). The van der Waals surface area contributed by atoms with Gasteiger partial charge in [0, 0.05) is 17.8 Å². The summed E-state index contributed by atoms with van der Waals surface area (Å²) in [7, 11) is 0. The molecular formula is C14H19N3O2. The molecule has 5 nitrogen and oxygen atoms in total. The Hall–Kier alpha value is -1.88. The number of primary amides is 1. The molecule has 1 fully saturated rings. The van der Waals surface area contributed by atoms with E-state index in [9.17, 15) is 9.59 Å². The molecule has 1 saturated heterocycles. The van der Waals surface area contributed by atoms with Gasteiger partial charge in [-0.3, -0.25) is 9.59 Å². The van der Waals surface area contributed by atoms with Crippen LogP contribution in [0.2, 0.25) is 0 Å². The molecule has 1 aliphatic heterocycles. The quantitative estimate of drug-likeness (QED) is 0.760. The minimum atomic E-state index is -0.479. The van der Waals surface area contributed by atoms with Gasteiger partial charge in [-0.2, -0.15) is 0 Å². The van der Waals surface area contributed by atoms with Crippen LogP contribution in [0.3, 0.4) is 0 Å². The number of piperidine rings is 1. The summed E-state index contributed by atoms with van der Waals surface area (Å²) in [5.74, 6) is -0.491. The molecule has 0 saturated carbocycles. The predicted molar refractivity (Wildman–Crippen MR) is 73.9 cm³/mol.